The van der Waals surface area contributed by atoms with Crippen LogP contribution in [0.1, 0.15) is 26.7 Å². The Bertz CT molecular complexity index is 362. The summed E-state index contributed by atoms with van der Waals surface area (Å²) in [7, 11) is 1.68. The van der Waals surface area contributed by atoms with Gasteiger partial charge in [-0.2, -0.15) is 5.26 Å². The van der Waals surface area contributed by atoms with Crippen molar-refractivity contribution in [3.05, 3.63) is 0 Å². The highest BCUT2D eigenvalue weighted by molar-refractivity contribution is 5.82. The van der Waals surface area contributed by atoms with Crippen molar-refractivity contribution >= 4 is 11.8 Å². The minimum atomic E-state index is -0.166. The predicted octanol–water partition coefficient (Wildman–Crippen LogP) is 0.767. The number of nitrogens with zero attached hydrogens (tertiary/aromatic N) is 2. The van der Waals surface area contributed by atoms with Crippen LogP contribution in [0.5, 0.6) is 0 Å². The van der Waals surface area contributed by atoms with Crippen molar-refractivity contribution in [2.24, 2.45) is 17.8 Å². The van der Waals surface area contributed by atoms with E-state index in [0.29, 0.717) is 25.4 Å². The minimum absolute atomic E-state index is 0.0405. The molecule has 1 aliphatic carbocycles. The maximum atomic E-state index is 11.7. The second kappa shape index (κ2) is 6.39. The molecular formula is C13H21N3O2. The number of carbonyl (C=O) groups excluding carboxylic acids is 2. The van der Waals surface area contributed by atoms with Gasteiger partial charge in [-0.3, -0.25) is 9.59 Å². The molecule has 0 unspecified atom stereocenters. The maximum Gasteiger partial charge on any atom is 0.224 e. The molecule has 1 rings (SSSR count). The van der Waals surface area contributed by atoms with E-state index in [1.54, 1.807) is 18.9 Å². The van der Waals surface area contributed by atoms with Gasteiger partial charge in [-0.05, 0) is 19.3 Å². The van der Waals surface area contributed by atoms with E-state index < -0.39 is 0 Å². The highest BCUT2D eigenvalue weighted by atomic mass is 16.2. The van der Waals surface area contributed by atoms with Gasteiger partial charge in [-0.15, -0.1) is 0 Å². The maximum absolute atomic E-state index is 11.7. The van der Waals surface area contributed by atoms with Crippen LogP contribution >= 0.6 is 0 Å². The van der Waals surface area contributed by atoms with Crippen molar-refractivity contribution in [1.29, 1.82) is 5.26 Å². The molecular weight excluding hydrogens is 230 g/mol. The van der Waals surface area contributed by atoms with Gasteiger partial charge in [0.25, 0.3) is 0 Å². The van der Waals surface area contributed by atoms with Crippen LogP contribution in [0.3, 0.4) is 0 Å². The summed E-state index contributed by atoms with van der Waals surface area (Å²) in [5, 5.41) is 11.4. The van der Waals surface area contributed by atoms with Gasteiger partial charge in [-0.25, -0.2) is 0 Å². The Labute approximate surface area is 108 Å². The van der Waals surface area contributed by atoms with Crippen LogP contribution in [0.15, 0.2) is 0 Å². The second-order valence-corrected chi connectivity index (χ2v) is 5.16. The molecule has 3 atom stereocenters. The Balaban J connectivity index is 2.16. The van der Waals surface area contributed by atoms with Crippen molar-refractivity contribution in [1.82, 2.24) is 10.2 Å². The lowest BCUT2D eigenvalue weighted by Gasteiger charge is -2.18. The number of nitrogens with one attached hydrogen (secondary N) is 1. The standard InChI is InChI=1S/C13H21N3O2/c1-9(7-14)8-16(3)12(17)4-5-15-13(18)11-6-10(11)2/h9-11H,4-6,8H2,1-3H3,(H,15,18)/t9-,10-,11+/m1/s1. The van der Waals surface area contributed by atoms with Crippen LogP contribution in [0.4, 0.5) is 0 Å². The molecule has 5 heteroatoms. The fraction of sp³-hybridized carbons (Fsp3) is 0.769. The van der Waals surface area contributed by atoms with Gasteiger partial charge >= 0.3 is 0 Å². The summed E-state index contributed by atoms with van der Waals surface area (Å²) in [4.78, 5) is 24.7. The Hall–Kier alpha value is -1.57. The van der Waals surface area contributed by atoms with Crippen LogP contribution in [0, 0.1) is 29.1 Å². The first-order valence-corrected chi connectivity index (χ1v) is 6.37. The number of carbonyl (C=O) groups is 2. The van der Waals surface area contributed by atoms with Gasteiger partial charge in [0.05, 0.1) is 12.0 Å². The number of rotatable bonds is 6. The molecule has 2 amide bonds. The number of hydrogen-bond donors (Lipinski definition) is 1. The predicted molar refractivity (Wildman–Crippen MR) is 67.3 cm³/mol. The van der Waals surface area contributed by atoms with Gasteiger partial charge in [-0.1, -0.05) is 6.92 Å². The van der Waals surface area contributed by atoms with Crippen LogP contribution in [-0.4, -0.2) is 36.9 Å². The summed E-state index contributed by atoms with van der Waals surface area (Å²) < 4.78 is 0. The summed E-state index contributed by atoms with van der Waals surface area (Å²) in [6, 6.07) is 2.09. The Morgan fingerprint density at radius 3 is 2.67 bits per heavy atom. The molecule has 100 valence electrons. The van der Waals surface area contributed by atoms with Crippen LogP contribution in [0.25, 0.3) is 0 Å². The van der Waals surface area contributed by atoms with Gasteiger partial charge < -0.3 is 10.2 Å². The van der Waals surface area contributed by atoms with E-state index in [-0.39, 0.29) is 23.7 Å². The van der Waals surface area contributed by atoms with Crippen molar-refractivity contribution in [2.45, 2.75) is 26.7 Å². The van der Waals surface area contributed by atoms with E-state index in [4.69, 9.17) is 5.26 Å². The average molecular weight is 251 g/mol. The molecule has 0 aliphatic heterocycles. The van der Waals surface area contributed by atoms with Gasteiger partial charge in [0.15, 0.2) is 0 Å². The van der Waals surface area contributed by atoms with Gasteiger partial charge in [0.2, 0.25) is 11.8 Å². The number of amides is 2. The first kappa shape index (κ1) is 14.5. The van der Waals surface area contributed by atoms with E-state index in [1.807, 2.05) is 6.92 Å². The lowest BCUT2D eigenvalue weighted by Crippen LogP contribution is -2.34. The second-order valence-electron chi connectivity index (χ2n) is 5.16. The Kier molecular flexibility index (Phi) is 5.14. The molecule has 1 N–H and O–H groups in total. The molecule has 18 heavy (non-hydrogen) atoms. The molecule has 0 spiro atoms. The molecule has 0 saturated heterocycles. The Morgan fingerprint density at radius 2 is 2.17 bits per heavy atom. The molecule has 0 radical (unpaired) electrons. The first-order chi connectivity index (χ1) is 8.45. The smallest absolute Gasteiger partial charge is 0.224 e. The summed E-state index contributed by atoms with van der Waals surface area (Å²) in [6.07, 6.45) is 1.25. The van der Waals surface area contributed by atoms with E-state index in [2.05, 4.69) is 11.4 Å². The highest BCUT2D eigenvalue weighted by Gasteiger charge is 2.38. The monoisotopic (exact) mass is 251 g/mol. The van der Waals surface area contributed by atoms with Crippen molar-refractivity contribution in [2.75, 3.05) is 20.1 Å². The van der Waals surface area contributed by atoms with Crippen LogP contribution in [-0.2, 0) is 9.59 Å². The van der Waals surface area contributed by atoms with E-state index >= 15 is 0 Å². The zero-order valence-electron chi connectivity index (χ0n) is 11.3. The average Bonchev–Trinajstić information content (AvgIpc) is 3.05. The van der Waals surface area contributed by atoms with Gasteiger partial charge in [0.1, 0.15) is 0 Å². The molecule has 0 aromatic rings. The fourth-order valence-corrected chi connectivity index (χ4v) is 1.86. The van der Waals surface area contributed by atoms with Gasteiger partial charge in [0, 0.05) is 32.5 Å². The lowest BCUT2D eigenvalue weighted by molar-refractivity contribution is -0.130. The summed E-state index contributed by atoms with van der Waals surface area (Å²) in [5.74, 6) is 0.488. The van der Waals surface area contributed by atoms with Crippen molar-refractivity contribution in [3.8, 4) is 6.07 Å². The topological polar surface area (TPSA) is 73.2 Å². The molecule has 5 nitrogen and oxygen atoms in total. The molecule has 0 aromatic carbocycles. The largest absolute Gasteiger partial charge is 0.355 e. The quantitative estimate of drug-likeness (QED) is 0.757. The normalized spacial score (nSPS) is 22.8. The number of nitriles is 1. The van der Waals surface area contributed by atoms with E-state index in [0.717, 1.165) is 6.42 Å². The first-order valence-electron chi connectivity index (χ1n) is 6.37. The minimum Gasteiger partial charge on any atom is -0.355 e. The Morgan fingerprint density at radius 1 is 1.56 bits per heavy atom. The zero-order valence-corrected chi connectivity index (χ0v) is 11.3. The summed E-state index contributed by atoms with van der Waals surface area (Å²) >= 11 is 0. The zero-order chi connectivity index (χ0) is 13.7. The molecule has 0 aromatic heterocycles. The summed E-state index contributed by atoms with van der Waals surface area (Å²) in [6.45, 7) is 4.64. The highest BCUT2D eigenvalue weighted by Crippen LogP contribution is 2.37. The molecule has 1 fully saturated rings. The summed E-state index contributed by atoms with van der Waals surface area (Å²) in [5.41, 5.74) is 0. The number of hydrogen-bond acceptors (Lipinski definition) is 3. The van der Waals surface area contributed by atoms with Crippen molar-refractivity contribution < 1.29 is 9.59 Å². The van der Waals surface area contributed by atoms with E-state index in [1.165, 1.54) is 0 Å². The van der Waals surface area contributed by atoms with Crippen LogP contribution in [0.2, 0.25) is 0 Å². The van der Waals surface area contributed by atoms with E-state index in [9.17, 15) is 9.59 Å². The molecule has 0 heterocycles. The van der Waals surface area contributed by atoms with Crippen molar-refractivity contribution in [3.63, 3.8) is 0 Å². The molecule has 1 saturated carbocycles. The third kappa shape index (κ3) is 4.36. The molecule has 1 aliphatic rings. The van der Waals surface area contributed by atoms with Crippen LogP contribution < -0.4 is 5.32 Å². The molecule has 0 bridgehead atoms. The lowest BCUT2D eigenvalue weighted by atomic mass is 10.2. The fourth-order valence-electron chi connectivity index (χ4n) is 1.86. The SMILES string of the molecule is C[C@H](C#N)CN(C)C(=O)CCNC(=O)[C@H]1C[C@H]1C. The third-order valence-electron chi connectivity index (χ3n) is 3.28. The third-order valence-corrected chi connectivity index (χ3v) is 3.28.